The van der Waals surface area contributed by atoms with Gasteiger partial charge in [-0.1, -0.05) is 45.0 Å². The lowest BCUT2D eigenvalue weighted by atomic mass is 9.83. The Morgan fingerprint density at radius 1 is 1.22 bits per heavy atom. The summed E-state index contributed by atoms with van der Waals surface area (Å²) in [5.74, 6) is -1.56. The minimum Gasteiger partial charge on any atom is -0.467 e. The Morgan fingerprint density at radius 3 is 2.39 bits per heavy atom. The van der Waals surface area contributed by atoms with Crippen LogP contribution in [0, 0.1) is 5.41 Å². The summed E-state index contributed by atoms with van der Waals surface area (Å²) in [6, 6.07) is 6.89. The molecule has 1 atom stereocenters. The first-order valence-electron chi connectivity index (χ1n) is 7.81. The largest absolute Gasteiger partial charge is 0.467 e. The number of benzene rings is 1. The van der Waals surface area contributed by atoms with Crippen molar-refractivity contribution in [1.29, 1.82) is 0 Å². The Labute approximate surface area is 136 Å². The SMILES string of the molecule is CCC(C)(C)C(=O)C(=O)N1Cc2ccccc2C[C@H]1C(=O)OC. The average Bonchev–Trinajstić information content (AvgIpc) is 2.58. The molecule has 2 rings (SSSR count). The van der Waals surface area contributed by atoms with Crippen molar-refractivity contribution in [1.82, 2.24) is 4.90 Å². The molecule has 0 saturated carbocycles. The van der Waals surface area contributed by atoms with Gasteiger partial charge in [0.2, 0.25) is 5.78 Å². The third kappa shape index (κ3) is 3.28. The highest BCUT2D eigenvalue weighted by molar-refractivity contribution is 6.38. The Kier molecular flexibility index (Phi) is 4.88. The molecule has 1 aromatic carbocycles. The van der Waals surface area contributed by atoms with E-state index in [0.29, 0.717) is 12.8 Å². The number of amides is 1. The molecular weight excluding hydrogens is 294 g/mol. The minimum absolute atomic E-state index is 0.250. The fourth-order valence-electron chi connectivity index (χ4n) is 2.66. The molecule has 124 valence electrons. The molecular formula is C18H23NO4. The van der Waals surface area contributed by atoms with Crippen LogP contribution in [0.15, 0.2) is 24.3 Å². The summed E-state index contributed by atoms with van der Waals surface area (Å²) in [6.45, 7) is 5.62. The molecule has 0 radical (unpaired) electrons. The lowest BCUT2D eigenvalue weighted by molar-refractivity contribution is -0.159. The molecule has 0 N–H and O–H groups in total. The molecule has 5 nitrogen and oxygen atoms in total. The number of hydrogen-bond donors (Lipinski definition) is 0. The van der Waals surface area contributed by atoms with E-state index in [9.17, 15) is 14.4 Å². The summed E-state index contributed by atoms with van der Waals surface area (Å²) in [7, 11) is 1.29. The first-order chi connectivity index (χ1) is 10.8. The van der Waals surface area contributed by atoms with Crippen LogP contribution in [0.5, 0.6) is 0 Å². The summed E-state index contributed by atoms with van der Waals surface area (Å²) >= 11 is 0. The van der Waals surface area contributed by atoms with Crippen molar-refractivity contribution >= 4 is 17.7 Å². The molecule has 1 heterocycles. The van der Waals surface area contributed by atoms with Crippen LogP contribution >= 0.6 is 0 Å². The van der Waals surface area contributed by atoms with Crippen LogP contribution < -0.4 is 0 Å². The third-order valence-corrected chi connectivity index (χ3v) is 4.68. The highest BCUT2D eigenvalue weighted by Gasteiger charge is 2.41. The molecule has 1 aliphatic heterocycles. The van der Waals surface area contributed by atoms with Gasteiger partial charge in [-0.15, -0.1) is 0 Å². The maximum Gasteiger partial charge on any atom is 0.328 e. The predicted molar refractivity (Wildman–Crippen MR) is 85.6 cm³/mol. The minimum atomic E-state index is -0.751. The second-order valence-corrected chi connectivity index (χ2v) is 6.51. The number of hydrogen-bond acceptors (Lipinski definition) is 4. The second kappa shape index (κ2) is 6.52. The van der Waals surface area contributed by atoms with Crippen LogP contribution in [0.25, 0.3) is 0 Å². The van der Waals surface area contributed by atoms with Crippen molar-refractivity contribution in [2.75, 3.05) is 7.11 Å². The van der Waals surface area contributed by atoms with E-state index in [1.807, 2.05) is 31.2 Å². The highest BCUT2D eigenvalue weighted by Crippen LogP contribution is 2.28. The van der Waals surface area contributed by atoms with E-state index in [0.717, 1.165) is 11.1 Å². The molecule has 1 amide bonds. The summed E-state index contributed by atoms with van der Waals surface area (Å²) in [5, 5.41) is 0. The van der Waals surface area contributed by atoms with Crippen LogP contribution in [0.1, 0.15) is 38.3 Å². The number of Topliss-reactive ketones (excluding diaryl/α,β-unsaturated/α-hetero) is 1. The van der Waals surface area contributed by atoms with Crippen LogP contribution in [-0.4, -0.2) is 35.7 Å². The maximum atomic E-state index is 12.7. The number of ketones is 1. The van der Waals surface area contributed by atoms with Crippen molar-refractivity contribution in [3.05, 3.63) is 35.4 Å². The van der Waals surface area contributed by atoms with Gasteiger partial charge in [0.05, 0.1) is 7.11 Å². The van der Waals surface area contributed by atoms with Gasteiger partial charge in [-0.2, -0.15) is 0 Å². The fraction of sp³-hybridized carbons (Fsp3) is 0.500. The van der Waals surface area contributed by atoms with Crippen LogP contribution in [-0.2, 0) is 32.1 Å². The molecule has 0 aliphatic carbocycles. The van der Waals surface area contributed by atoms with Gasteiger partial charge in [-0.3, -0.25) is 9.59 Å². The zero-order valence-corrected chi connectivity index (χ0v) is 14.1. The summed E-state index contributed by atoms with van der Waals surface area (Å²) in [5.41, 5.74) is 1.23. The molecule has 0 spiro atoms. The number of esters is 1. The molecule has 0 saturated heterocycles. The molecule has 1 aliphatic rings. The van der Waals surface area contributed by atoms with Gasteiger partial charge in [0, 0.05) is 18.4 Å². The fourth-order valence-corrected chi connectivity index (χ4v) is 2.66. The van der Waals surface area contributed by atoms with E-state index in [1.54, 1.807) is 13.8 Å². The zero-order valence-electron chi connectivity index (χ0n) is 14.1. The number of carbonyl (C=O) groups is 3. The lowest BCUT2D eigenvalue weighted by Crippen LogP contribution is -2.53. The van der Waals surface area contributed by atoms with E-state index in [1.165, 1.54) is 12.0 Å². The Balaban J connectivity index is 2.36. The summed E-state index contributed by atoms with van der Waals surface area (Å²) < 4.78 is 4.83. The Bertz CT molecular complexity index is 636. The highest BCUT2D eigenvalue weighted by atomic mass is 16.5. The topological polar surface area (TPSA) is 63.7 Å². The quantitative estimate of drug-likeness (QED) is 0.630. The standard InChI is InChI=1S/C18H23NO4/c1-5-18(2,3)15(20)16(21)19-11-13-9-7-6-8-12(13)10-14(19)17(22)23-4/h6-9,14H,5,10-11H2,1-4H3/t14-/m0/s1. The predicted octanol–water partition coefficient (Wildman–Crippen LogP) is 2.12. The van der Waals surface area contributed by atoms with E-state index < -0.39 is 29.1 Å². The molecule has 0 bridgehead atoms. The Hall–Kier alpha value is -2.17. The smallest absolute Gasteiger partial charge is 0.328 e. The lowest BCUT2D eigenvalue weighted by Gasteiger charge is -2.36. The van der Waals surface area contributed by atoms with E-state index in [4.69, 9.17) is 4.74 Å². The van der Waals surface area contributed by atoms with Crippen molar-refractivity contribution in [3.8, 4) is 0 Å². The van der Waals surface area contributed by atoms with Crippen LogP contribution in [0.3, 0.4) is 0 Å². The number of carbonyl (C=O) groups excluding carboxylic acids is 3. The van der Waals surface area contributed by atoms with Crippen molar-refractivity contribution in [3.63, 3.8) is 0 Å². The summed E-state index contributed by atoms with van der Waals surface area (Å²) in [6.07, 6.45) is 0.930. The first kappa shape index (κ1) is 17.2. The van der Waals surface area contributed by atoms with Crippen molar-refractivity contribution in [2.45, 2.75) is 46.2 Å². The van der Waals surface area contributed by atoms with Gasteiger partial charge in [0.15, 0.2) is 0 Å². The number of nitrogens with zero attached hydrogens (tertiary/aromatic N) is 1. The Morgan fingerprint density at radius 2 is 1.83 bits per heavy atom. The average molecular weight is 317 g/mol. The van der Waals surface area contributed by atoms with Gasteiger partial charge < -0.3 is 9.64 Å². The van der Waals surface area contributed by atoms with Gasteiger partial charge >= 0.3 is 5.97 Å². The molecule has 0 unspecified atom stereocenters. The van der Waals surface area contributed by atoms with Gasteiger partial charge in [-0.25, -0.2) is 4.79 Å². The third-order valence-electron chi connectivity index (χ3n) is 4.68. The maximum absolute atomic E-state index is 12.7. The molecule has 23 heavy (non-hydrogen) atoms. The normalized spacial score (nSPS) is 17.4. The van der Waals surface area contributed by atoms with Gasteiger partial charge in [0.25, 0.3) is 5.91 Å². The second-order valence-electron chi connectivity index (χ2n) is 6.51. The molecule has 5 heteroatoms. The van der Waals surface area contributed by atoms with Crippen LogP contribution in [0.4, 0.5) is 0 Å². The number of rotatable bonds is 4. The molecule has 0 fully saturated rings. The van der Waals surface area contributed by atoms with E-state index in [-0.39, 0.29) is 6.54 Å². The van der Waals surface area contributed by atoms with Crippen molar-refractivity contribution in [2.24, 2.45) is 5.41 Å². The molecule has 0 aromatic heterocycles. The van der Waals surface area contributed by atoms with E-state index >= 15 is 0 Å². The van der Waals surface area contributed by atoms with Gasteiger partial charge in [0.1, 0.15) is 6.04 Å². The zero-order chi connectivity index (χ0) is 17.2. The number of ether oxygens (including phenoxy) is 1. The number of fused-ring (bicyclic) bond motifs is 1. The van der Waals surface area contributed by atoms with Gasteiger partial charge in [-0.05, 0) is 17.5 Å². The molecule has 1 aromatic rings. The first-order valence-corrected chi connectivity index (χ1v) is 7.81. The monoisotopic (exact) mass is 317 g/mol. The van der Waals surface area contributed by atoms with Crippen LogP contribution in [0.2, 0.25) is 0 Å². The van der Waals surface area contributed by atoms with E-state index in [2.05, 4.69) is 0 Å². The summed E-state index contributed by atoms with van der Waals surface area (Å²) in [4.78, 5) is 38.7. The number of methoxy groups -OCH3 is 1. The van der Waals surface area contributed by atoms with Crippen molar-refractivity contribution < 1.29 is 19.1 Å².